The van der Waals surface area contributed by atoms with Crippen LogP contribution in [0.4, 0.5) is 5.69 Å². The molecule has 0 bridgehead atoms. The van der Waals surface area contributed by atoms with Crippen molar-refractivity contribution in [1.29, 1.82) is 0 Å². The fraction of sp³-hybridized carbons (Fsp3) is 0.308. The number of halogens is 1. The molecule has 0 aliphatic carbocycles. The molecule has 1 aliphatic rings. The SMILES string of the molecule is CC(=O)Nc1ccccc1SC[C@@H]1CO[C@](CCc2ccc(Cl)cc2)(Cn2ccnc2)O1.O=C(O)C(=O)O. The summed E-state index contributed by atoms with van der Waals surface area (Å²) in [7, 11) is 0. The van der Waals surface area contributed by atoms with Crippen LogP contribution in [0.5, 0.6) is 0 Å². The number of rotatable bonds is 9. The van der Waals surface area contributed by atoms with Crippen molar-refractivity contribution in [2.75, 3.05) is 17.7 Å². The molecule has 1 aliphatic heterocycles. The number of para-hydroxylation sites is 1. The van der Waals surface area contributed by atoms with E-state index in [4.69, 9.17) is 40.9 Å². The van der Waals surface area contributed by atoms with Gasteiger partial charge in [-0.05, 0) is 36.2 Å². The Morgan fingerprint density at radius 3 is 2.50 bits per heavy atom. The highest BCUT2D eigenvalue weighted by atomic mass is 35.5. The van der Waals surface area contributed by atoms with Crippen LogP contribution in [0.25, 0.3) is 0 Å². The third-order valence-corrected chi connectivity index (χ3v) is 6.87. The predicted molar refractivity (Wildman–Crippen MR) is 142 cm³/mol. The number of aryl methyl sites for hydroxylation is 1. The van der Waals surface area contributed by atoms with Gasteiger partial charge in [-0.15, -0.1) is 11.8 Å². The van der Waals surface area contributed by atoms with Crippen molar-refractivity contribution in [3.05, 3.63) is 77.8 Å². The number of nitrogens with zero attached hydrogens (tertiary/aromatic N) is 2. The van der Waals surface area contributed by atoms with E-state index in [0.29, 0.717) is 13.2 Å². The smallest absolute Gasteiger partial charge is 0.414 e. The van der Waals surface area contributed by atoms with Crippen molar-refractivity contribution in [1.82, 2.24) is 9.55 Å². The number of carbonyl (C=O) groups is 3. The van der Waals surface area contributed by atoms with Crippen LogP contribution in [0.3, 0.4) is 0 Å². The largest absolute Gasteiger partial charge is 0.473 e. The lowest BCUT2D eigenvalue weighted by Gasteiger charge is -2.28. The maximum absolute atomic E-state index is 11.5. The zero-order valence-corrected chi connectivity index (χ0v) is 22.2. The van der Waals surface area contributed by atoms with Crippen molar-refractivity contribution < 1.29 is 34.1 Å². The first-order valence-electron chi connectivity index (χ1n) is 11.6. The van der Waals surface area contributed by atoms with E-state index in [1.165, 1.54) is 12.5 Å². The number of anilines is 1. The number of benzene rings is 2. The number of amides is 1. The lowest BCUT2D eigenvalue weighted by Crippen LogP contribution is -2.37. The second-order valence-corrected chi connectivity index (χ2v) is 9.92. The van der Waals surface area contributed by atoms with E-state index in [1.54, 1.807) is 24.3 Å². The van der Waals surface area contributed by atoms with Crippen LogP contribution >= 0.6 is 23.4 Å². The summed E-state index contributed by atoms with van der Waals surface area (Å²) >= 11 is 7.68. The Bertz CT molecular complexity index is 1210. The Labute approximate surface area is 228 Å². The van der Waals surface area contributed by atoms with Gasteiger partial charge in [-0.25, -0.2) is 14.6 Å². The van der Waals surface area contributed by atoms with Crippen LogP contribution in [-0.2, 0) is 36.8 Å². The van der Waals surface area contributed by atoms with Gasteiger partial charge in [-0.3, -0.25) is 4.79 Å². The quantitative estimate of drug-likeness (QED) is 0.259. The molecular weight excluding hydrogens is 534 g/mol. The Morgan fingerprint density at radius 2 is 1.87 bits per heavy atom. The zero-order chi connectivity index (χ0) is 27.5. The summed E-state index contributed by atoms with van der Waals surface area (Å²) in [5.41, 5.74) is 2.00. The third-order valence-electron chi connectivity index (χ3n) is 5.41. The predicted octanol–water partition coefficient (Wildman–Crippen LogP) is 4.19. The number of carboxylic acids is 2. The van der Waals surface area contributed by atoms with Crippen molar-refractivity contribution in [2.45, 2.75) is 43.1 Å². The molecule has 1 amide bonds. The molecule has 3 N–H and O–H groups in total. The van der Waals surface area contributed by atoms with Gasteiger partial charge in [-0.2, -0.15) is 0 Å². The van der Waals surface area contributed by atoms with Gasteiger partial charge in [0, 0.05) is 41.4 Å². The van der Waals surface area contributed by atoms with Gasteiger partial charge < -0.3 is 29.6 Å². The minimum absolute atomic E-state index is 0.0564. The minimum atomic E-state index is -1.82. The summed E-state index contributed by atoms with van der Waals surface area (Å²) < 4.78 is 14.8. The Morgan fingerprint density at radius 1 is 1.16 bits per heavy atom. The zero-order valence-electron chi connectivity index (χ0n) is 20.6. The van der Waals surface area contributed by atoms with E-state index in [0.717, 1.165) is 34.2 Å². The number of carboxylic acid groups (broad SMARTS) is 2. The topological polar surface area (TPSA) is 140 Å². The fourth-order valence-corrected chi connectivity index (χ4v) is 4.81. The lowest BCUT2D eigenvalue weighted by atomic mass is 10.0. The molecule has 1 saturated heterocycles. The van der Waals surface area contributed by atoms with Gasteiger partial charge in [0.15, 0.2) is 5.79 Å². The summed E-state index contributed by atoms with van der Waals surface area (Å²) in [6.45, 7) is 2.61. The first-order chi connectivity index (χ1) is 18.2. The average Bonchev–Trinajstić information content (AvgIpc) is 3.54. The Kier molecular flexibility index (Phi) is 10.7. The maximum Gasteiger partial charge on any atom is 0.414 e. The third kappa shape index (κ3) is 9.18. The molecule has 2 aromatic carbocycles. The number of ether oxygens (including phenoxy) is 2. The highest BCUT2D eigenvalue weighted by Gasteiger charge is 2.41. The summed E-state index contributed by atoms with van der Waals surface area (Å²) in [6.07, 6.45) is 6.94. The molecule has 1 aromatic heterocycles. The summed E-state index contributed by atoms with van der Waals surface area (Å²) in [6, 6.07) is 15.7. The number of aromatic nitrogens is 2. The fourth-order valence-electron chi connectivity index (χ4n) is 3.70. The van der Waals surface area contributed by atoms with E-state index in [-0.39, 0.29) is 12.0 Å². The summed E-state index contributed by atoms with van der Waals surface area (Å²) in [5, 5.41) is 18.4. The molecule has 2 atom stereocenters. The molecule has 202 valence electrons. The molecule has 0 saturated carbocycles. The first kappa shape index (κ1) is 29.2. The van der Waals surface area contributed by atoms with E-state index in [2.05, 4.69) is 10.3 Å². The monoisotopic (exact) mass is 561 g/mol. The Balaban J connectivity index is 0.000000599. The van der Waals surface area contributed by atoms with Crippen molar-refractivity contribution in [3.8, 4) is 0 Å². The standard InChI is InChI=1S/C24H26ClN3O3S.C2H2O4/c1-18(29)27-22-4-2-3-5-23(22)32-15-21-14-30-24(31-21,16-28-13-12-26-17-28)11-10-19-6-8-20(25)9-7-19;3-1(4)2(5)6/h2-9,12-13,17,21H,10-11,14-16H2,1H3,(H,27,29);(H,3,4)(H,5,6)/t21-,24-;/m0./s1. The molecule has 1 fully saturated rings. The number of imidazole rings is 1. The molecule has 3 aromatic rings. The van der Waals surface area contributed by atoms with E-state index in [1.807, 2.05) is 59.3 Å². The number of nitrogens with one attached hydrogen (secondary N) is 1. The van der Waals surface area contributed by atoms with Crippen LogP contribution in [0.2, 0.25) is 5.02 Å². The molecule has 0 spiro atoms. The average molecular weight is 562 g/mol. The molecule has 2 heterocycles. The van der Waals surface area contributed by atoms with Gasteiger partial charge in [0.2, 0.25) is 5.91 Å². The van der Waals surface area contributed by atoms with Crippen LogP contribution in [-0.4, -0.2) is 61.9 Å². The summed E-state index contributed by atoms with van der Waals surface area (Å²) in [4.78, 5) is 34.9. The summed E-state index contributed by atoms with van der Waals surface area (Å²) in [5.74, 6) is -3.73. The lowest BCUT2D eigenvalue weighted by molar-refractivity contribution is -0.180. The number of hydrogen-bond acceptors (Lipinski definition) is 7. The molecule has 38 heavy (non-hydrogen) atoms. The van der Waals surface area contributed by atoms with Crippen molar-refractivity contribution in [3.63, 3.8) is 0 Å². The molecule has 10 nitrogen and oxygen atoms in total. The molecule has 12 heteroatoms. The number of hydrogen-bond donors (Lipinski definition) is 3. The Hall–Kier alpha value is -3.38. The maximum atomic E-state index is 11.5. The van der Waals surface area contributed by atoms with E-state index >= 15 is 0 Å². The van der Waals surface area contributed by atoms with Gasteiger partial charge in [0.25, 0.3) is 0 Å². The van der Waals surface area contributed by atoms with Crippen molar-refractivity contribution >= 4 is 46.9 Å². The van der Waals surface area contributed by atoms with Gasteiger partial charge in [0.1, 0.15) is 0 Å². The van der Waals surface area contributed by atoms with Crippen LogP contribution < -0.4 is 5.32 Å². The highest BCUT2D eigenvalue weighted by Crippen LogP contribution is 2.35. The number of thioether (sulfide) groups is 1. The normalized spacial score (nSPS) is 18.3. The molecule has 0 radical (unpaired) electrons. The van der Waals surface area contributed by atoms with E-state index in [9.17, 15) is 4.79 Å². The minimum Gasteiger partial charge on any atom is -0.473 e. The van der Waals surface area contributed by atoms with Gasteiger partial charge in [-0.1, -0.05) is 35.9 Å². The highest BCUT2D eigenvalue weighted by molar-refractivity contribution is 7.99. The first-order valence-corrected chi connectivity index (χ1v) is 13.0. The van der Waals surface area contributed by atoms with Crippen molar-refractivity contribution in [2.24, 2.45) is 0 Å². The molecule has 4 rings (SSSR count). The van der Waals surface area contributed by atoms with Gasteiger partial charge >= 0.3 is 11.9 Å². The van der Waals surface area contributed by atoms with Crippen LogP contribution in [0, 0.1) is 0 Å². The molecule has 0 unspecified atom stereocenters. The number of aliphatic carboxylic acids is 2. The molecular formula is C26H28ClN3O7S. The second-order valence-electron chi connectivity index (χ2n) is 8.42. The van der Waals surface area contributed by atoms with E-state index < -0.39 is 17.7 Å². The number of carbonyl (C=O) groups excluding carboxylic acids is 1. The second kappa shape index (κ2) is 14.0. The van der Waals surface area contributed by atoms with Crippen LogP contribution in [0.15, 0.2) is 72.1 Å². The van der Waals surface area contributed by atoms with Gasteiger partial charge in [0.05, 0.1) is 31.3 Å². The van der Waals surface area contributed by atoms with Crippen LogP contribution in [0.1, 0.15) is 18.9 Å².